The molecule has 0 fully saturated rings. The Balaban J connectivity index is 1.90. The molecule has 1 aliphatic rings. The van der Waals surface area contributed by atoms with Gasteiger partial charge < -0.3 is 14.2 Å². The van der Waals surface area contributed by atoms with Gasteiger partial charge in [0, 0.05) is 5.56 Å². The lowest BCUT2D eigenvalue weighted by molar-refractivity contribution is 0.0995. The molecule has 3 heteroatoms. The van der Waals surface area contributed by atoms with Crippen molar-refractivity contribution < 1.29 is 14.2 Å². The standard InChI is InChI=1S/C23H26O3/c1-16(2)10-11-17-12-13-20(21(14-17)24-5)25-22-15-18-8-6-7-9-19(18)26-23(22,3)4/h6-10,12-15H,11H2,1-5H3. The van der Waals surface area contributed by atoms with Gasteiger partial charge in [-0.2, -0.15) is 0 Å². The van der Waals surface area contributed by atoms with E-state index in [2.05, 4.69) is 26.0 Å². The largest absolute Gasteiger partial charge is 0.493 e. The maximum absolute atomic E-state index is 6.23. The molecule has 0 atom stereocenters. The molecule has 0 unspecified atom stereocenters. The van der Waals surface area contributed by atoms with Crippen LogP contribution in [0.1, 0.15) is 38.8 Å². The van der Waals surface area contributed by atoms with E-state index in [-0.39, 0.29) is 0 Å². The van der Waals surface area contributed by atoms with Crippen LogP contribution in [-0.2, 0) is 6.42 Å². The van der Waals surface area contributed by atoms with Gasteiger partial charge in [0.2, 0.25) is 0 Å². The Hall–Kier alpha value is -2.68. The second kappa shape index (κ2) is 7.28. The van der Waals surface area contributed by atoms with Gasteiger partial charge in [0.05, 0.1) is 7.11 Å². The molecule has 0 spiro atoms. The molecule has 3 nitrogen and oxygen atoms in total. The average Bonchev–Trinajstić information content (AvgIpc) is 2.60. The molecule has 0 radical (unpaired) electrons. The monoisotopic (exact) mass is 350 g/mol. The van der Waals surface area contributed by atoms with Crippen molar-refractivity contribution in [3.8, 4) is 17.2 Å². The smallest absolute Gasteiger partial charge is 0.169 e. The van der Waals surface area contributed by atoms with Crippen molar-refractivity contribution in [1.29, 1.82) is 0 Å². The highest BCUT2D eigenvalue weighted by Crippen LogP contribution is 2.38. The molecule has 0 aliphatic carbocycles. The minimum Gasteiger partial charge on any atom is -0.493 e. The van der Waals surface area contributed by atoms with Crippen molar-refractivity contribution in [2.45, 2.75) is 39.7 Å². The lowest BCUT2D eigenvalue weighted by Gasteiger charge is -2.33. The van der Waals surface area contributed by atoms with Crippen LogP contribution in [-0.4, -0.2) is 12.7 Å². The van der Waals surface area contributed by atoms with E-state index in [0.29, 0.717) is 5.75 Å². The Morgan fingerprint density at radius 3 is 2.58 bits per heavy atom. The van der Waals surface area contributed by atoms with Crippen molar-refractivity contribution in [1.82, 2.24) is 0 Å². The molecule has 0 aromatic heterocycles. The van der Waals surface area contributed by atoms with Gasteiger partial charge in [-0.1, -0.05) is 35.9 Å². The van der Waals surface area contributed by atoms with E-state index in [9.17, 15) is 0 Å². The van der Waals surface area contributed by atoms with Crippen LogP contribution in [0.15, 0.2) is 59.9 Å². The number of para-hydroxylation sites is 1. The molecule has 2 aromatic rings. The Morgan fingerprint density at radius 2 is 1.85 bits per heavy atom. The van der Waals surface area contributed by atoms with Crippen molar-refractivity contribution in [3.63, 3.8) is 0 Å². The Kier molecular flexibility index (Phi) is 5.08. The van der Waals surface area contributed by atoms with Gasteiger partial charge in [-0.15, -0.1) is 0 Å². The third-order valence-corrected chi connectivity index (χ3v) is 4.36. The maximum Gasteiger partial charge on any atom is 0.169 e. The maximum atomic E-state index is 6.23. The van der Waals surface area contributed by atoms with E-state index in [1.807, 2.05) is 56.3 Å². The van der Waals surface area contributed by atoms with Gasteiger partial charge in [-0.05, 0) is 64.0 Å². The normalized spacial score (nSPS) is 14.6. The summed E-state index contributed by atoms with van der Waals surface area (Å²) in [6, 6.07) is 14.0. The zero-order chi connectivity index (χ0) is 18.7. The van der Waals surface area contributed by atoms with Crippen LogP contribution in [0.3, 0.4) is 0 Å². The summed E-state index contributed by atoms with van der Waals surface area (Å²) in [5, 5.41) is 0. The molecule has 136 valence electrons. The summed E-state index contributed by atoms with van der Waals surface area (Å²) in [5.74, 6) is 3.04. The summed E-state index contributed by atoms with van der Waals surface area (Å²) in [6.07, 6.45) is 5.12. The molecule has 1 heterocycles. The summed E-state index contributed by atoms with van der Waals surface area (Å²) in [6.45, 7) is 8.21. The van der Waals surface area contributed by atoms with Crippen LogP contribution in [0.5, 0.6) is 17.2 Å². The van der Waals surface area contributed by atoms with E-state index in [1.165, 1.54) is 11.1 Å². The van der Waals surface area contributed by atoms with Gasteiger partial charge in [0.25, 0.3) is 0 Å². The van der Waals surface area contributed by atoms with Gasteiger partial charge in [-0.25, -0.2) is 0 Å². The van der Waals surface area contributed by atoms with E-state index in [4.69, 9.17) is 14.2 Å². The highest BCUT2D eigenvalue weighted by molar-refractivity contribution is 5.63. The van der Waals surface area contributed by atoms with E-state index in [0.717, 1.165) is 29.2 Å². The summed E-state index contributed by atoms with van der Waals surface area (Å²) in [4.78, 5) is 0. The fraction of sp³-hybridized carbons (Fsp3) is 0.304. The Labute approximate surface area is 155 Å². The number of allylic oxidation sites excluding steroid dienone is 2. The van der Waals surface area contributed by atoms with Crippen LogP contribution in [0.25, 0.3) is 6.08 Å². The number of fused-ring (bicyclic) bond motifs is 1. The van der Waals surface area contributed by atoms with Gasteiger partial charge in [0.15, 0.2) is 17.1 Å². The van der Waals surface area contributed by atoms with Crippen LogP contribution in [0.4, 0.5) is 0 Å². The molecule has 0 saturated heterocycles. The second-order valence-corrected chi connectivity index (χ2v) is 7.23. The minimum atomic E-state index is -0.555. The highest BCUT2D eigenvalue weighted by Gasteiger charge is 2.33. The third kappa shape index (κ3) is 3.93. The number of benzene rings is 2. The quantitative estimate of drug-likeness (QED) is 0.638. The van der Waals surface area contributed by atoms with E-state index in [1.54, 1.807) is 7.11 Å². The summed E-state index contributed by atoms with van der Waals surface area (Å²) in [7, 11) is 1.67. The number of rotatable bonds is 5. The third-order valence-electron chi connectivity index (χ3n) is 4.36. The van der Waals surface area contributed by atoms with Crippen LogP contribution in [0.2, 0.25) is 0 Å². The molecular formula is C23H26O3. The lowest BCUT2D eigenvalue weighted by Crippen LogP contribution is -2.35. The second-order valence-electron chi connectivity index (χ2n) is 7.23. The summed E-state index contributed by atoms with van der Waals surface area (Å²) in [5.41, 5.74) is 2.95. The average molecular weight is 350 g/mol. The SMILES string of the molecule is COc1cc(CC=C(C)C)ccc1OC1=Cc2ccccc2OC1(C)C. The van der Waals surface area contributed by atoms with Gasteiger partial charge in [-0.3, -0.25) is 0 Å². The van der Waals surface area contributed by atoms with E-state index >= 15 is 0 Å². The summed E-state index contributed by atoms with van der Waals surface area (Å²) < 4.78 is 17.9. The van der Waals surface area contributed by atoms with Crippen molar-refractivity contribution in [2.24, 2.45) is 0 Å². The molecule has 0 amide bonds. The van der Waals surface area contributed by atoms with Crippen molar-refractivity contribution >= 4 is 6.08 Å². The van der Waals surface area contributed by atoms with Crippen molar-refractivity contribution in [3.05, 3.63) is 71.0 Å². The first-order chi connectivity index (χ1) is 12.4. The zero-order valence-corrected chi connectivity index (χ0v) is 16.1. The molecule has 26 heavy (non-hydrogen) atoms. The number of ether oxygens (including phenoxy) is 3. The molecule has 2 aromatic carbocycles. The molecule has 0 bridgehead atoms. The predicted octanol–water partition coefficient (Wildman–Crippen LogP) is 5.79. The first-order valence-corrected chi connectivity index (χ1v) is 8.87. The molecule has 1 aliphatic heterocycles. The zero-order valence-electron chi connectivity index (χ0n) is 16.1. The predicted molar refractivity (Wildman–Crippen MR) is 106 cm³/mol. The molecular weight excluding hydrogens is 324 g/mol. The number of hydrogen-bond donors (Lipinski definition) is 0. The topological polar surface area (TPSA) is 27.7 Å². The van der Waals surface area contributed by atoms with Crippen LogP contribution >= 0.6 is 0 Å². The number of hydrogen-bond acceptors (Lipinski definition) is 3. The minimum absolute atomic E-state index is 0.555. The highest BCUT2D eigenvalue weighted by atomic mass is 16.6. The Bertz CT molecular complexity index is 856. The fourth-order valence-electron chi connectivity index (χ4n) is 2.85. The molecule has 3 rings (SSSR count). The fourth-order valence-corrected chi connectivity index (χ4v) is 2.85. The van der Waals surface area contributed by atoms with Crippen LogP contribution in [0, 0.1) is 0 Å². The molecule has 0 saturated carbocycles. The summed E-state index contributed by atoms with van der Waals surface area (Å²) >= 11 is 0. The Morgan fingerprint density at radius 1 is 1.08 bits per heavy atom. The first kappa shape index (κ1) is 18.1. The number of methoxy groups -OCH3 is 1. The van der Waals surface area contributed by atoms with Gasteiger partial charge in [0.1, 0.15) is 11.5 Å². The van der Waals surface area contributed by atoms with Gasteiger partial charge >= 0.3 is 0 Å². The first-order valence-electron chi connectivity index (χ1n) is 8.87. The van der Waals surface area contributed by atoms with E-state index < -0.39 is 5.60 Å². The molecule has 0 N–H and O–H groups in total. The van der Waals surface area contributed by atoms with Crippen molar-refractivity contribution in [2.75, 3.05) is 7.11 Å². The van der Waals surface area contributed by atoms with Crippen LogP contribution < -0.4 is 14.2 Å². The lowest BCUT2D eigenvalue weighted by atomic mass is 9.99.